The molecule has 6 heteroatoms. The number of hydrogen-bond donors (Lipinski definition) is 1. The van der Waals surface area contributed by atoms with Gasteiger partial charge in [0.1, 0.15) is 18.0 Å². The van der Waals surface area contributed by atoms with E-state index in [-0.39, 0.29) is 47.9 Å². The minimum atomic E-state index is -0.371. The Morgan fingerprint density at radius 2 is 1.52 bits per heavy atom. The molecule has 1 aliphatic heterocycles. The molecule has 3 fully saturated rings. The molecule has 2 saturated carbocycles. The van der Waals surface area contributed by atoms with Crippen molar-refractivity contribution < 1.29 is 19.1 Å². The maximum atomic E-state index is 13.0. The Hall–Kier alpha value is -3.41. The molecule has 5 aliphatic rings. The molecule has 6 nitrogen and oxygen atoms in total. The van der Waals surface area contributed by atoms with E-state index in [2.05, 4.69) is 17.5 Å². The standard InChI is InChI=1S/C27H26N2O4/c1-14-4-3-5-15(2)25(14)33-17-8-6-16(7-9-17)28-22(30)13-29-26(31)23-18-10-11-19(21-12-20(18)21)24(23)27(29)32/h3-11,18-21,23-24H,12-13H2,1-2H3,(H,28,30)/t18-,19-,20-,21-,23+,24+/m0/s1. The minimum Gasteiger partial charge on any atom is -0.457 e. The Morgan fingerprint density at radius 1 is 0.939 bits per heavy atom. The van der Waals surface area contributed by atoms with Crippen LogP contribution in [0.3, 0.4) is 0 Å². The second-order valence-corrected chi connectivity index (χ2v) is 9.81. The average Bonchev–Trinajstić information content (AvgIpc) is 3.59. The lowest BCUT2D eigenvalue weighted by Crippen LogP contribution is -2.40. The first kappa shape index (κ1) is 20.2. The molecule has 33 heavy (non-hydrogen) atoms. The summed E-state index contributed by atoms with van der Waals surface area (Å²) in [5.41, 5.74) is 2.69. The first-order chi connectivity index (χ1) is 15.9. The van der Waals surface area contributed by atoms with Crippen LogP contribution >= 0.6 is 0 Å². The van der Waals surface area contributed by atoms with Gasteiger partial charge in [-0.05, 0) is 79.3 Å². The highest BCUT2D eigenvalue weighted by Crippen LogP contribution is 2.65. The van der Waals surface area contributed by atoms with E-state index in [1.165, 1.54) is 4.90 Å². The summed E-state index contributed by atoms with van der Waals surface area (Å²) < 4.78 is 6.01. The van der Waals surface area contributed by atoms with E-state index in [4.69, 9.17) is 4.74 Å². The molecule has 168 valence electrons. The van der Waals surface area contributed by atoms with Crippen LogP contribution in [0.1, 0.15) is 17.5 Å². The molecule has 4 aliphatic carbocycles. The van der Waals surface area contributed by atoms with Crippen LogP contribution in [-0.2, 0) is 14.4 Å². The average molecular weight is 443 g/mol. The Balaban J connectivity index is 1.10. The number of rotatable bonds is 5. The second kappa shape index (κ2) is 7.30. The van der Waals surface area contributed by atoms with E-state index in [0.717, 1.165) is 23.3 Å². The molecule has 7 rings (SSSR count). The molecule has 6 atom stereocenters. The normalized spacial score (nSPS) is 30.8. The van der Waals surface area contributed by atoms with Gasteiger partial charge in [0.05, 0.1) is 11.8 Å². The van der Waals surface area contributed by atoms with Crippen molar-refractivity contribution in [2.24, 2.45) is 35.5 Å². The predicted octanol–water partition coefficient (Wildman–Crippen LogP) is 4.09. The van der Waals surface area contributed by atoms with Gasteiger partial charge in [-0.3, -0.25) is 19.3 Å². The number of amides is 3. The first-order valence-electron chi connectivity index (χ1n) is 11.6. The maximum Gasteiger partial charge on any atom is 0.244 e. The third kappa shape index (κ3) is 3.19. The minimum absolute atomic E-state index is 0.166. The molecule has 1 saturated heterocycles. The predicted molar refractivity (Wildman–Crippen MR) is 122 cm³/mol. The lowest BCUT2D eigenvalue weighted by atomic mass is 9.63. The molecule has 2 aromatic rings. The maximum absolute atomic E-state index is 13.0. The number of hydrogen-bond acceptors (Lipinski definition) is 4. The lowest BCUT2D eigenvalue weighted by Gasteiger charge is -2.37. The highest BCUT2D eigenvalue weighted by molar-refractivity contribution is 6.09. The summed E-state index contributed by atoms with van der Waals surface area (Å²) in [5.74, 6) is 1.65. The number of ether oxygens (including phenoxy) is 1. The lowest BCUT2D eigenvalue weighted by molar-refractivity contribution is -0.142. The number of nitrogens with zero attached hydrogens (tertiary/aromatic N) is 1. The van der Waals surface area contributed by atoms with Crippen LogP contribution < -0.4 is 10.1 Å². The molecule has 0 spiro atoms. The summed E-state index contributed by atoms with van der Waals surface area (Å²) in [5, 5.41) is 2.80. The summed E-state index contributed by atoms with van der Waals surface area (Å²) >= 11 is 0. The Kier molecular flexibility index (Phi) is 4.47. The van der Waals surface area contributed by atoms with Crippen LogP contribution in [0.25, 0.3) is 0 Å². The molecule has 0 aromatic heterocycles. The molecule has 1 N–H and O–H groups in total. The largest absolute Gasteiger partial charge is 0.457 e. The van der Waals surface area contributed by atoms with Gasteiger partial charge in [-0.25, -0.2) is 0 Å². The smallest absolute Gasteiger partial charge is 0.244 e. The third-order valence-corrected chi connectivity index (χ3v) is 7.82. The molecular formula is C27H26N2O4. The van der Waals surface area contributed by atoms with Crippen LogP contribution in [0.5, 0.6) is 11.5 Å². The quantitative estimate of drug-likeness (QED) is 0.559. The van der Waals surface area contributed by atoms with Crippen LogP contribution in [0.4, 0.5) is 5.69 Å². The number of anilines is 1. The number of carbonyl (C=O) groups is 3. The topological polar surface area (TPSA) is 75.7 Å². The van der Waals surface area contributed by atoms with Gasteiger partial charge in [-0.1, -0.05) is 30.4 Å². The SMILES string of the molecule is Cc1cccc(C)c1Oc1ccc(NC(=O)CN2C(=O)[C@@H]3[C@H]4C=C[C@@H]([C@@H]5C[C@@H]45)[C@H]3C2=O)cc1. The van der Waals surface area contributed by atoms with Gasteiger partial charge in [0, 0.05) is 5.69 Å². The van der Waals surface area contributed by atoms with Crippen LogP contribution in [-0.4, -0.2) is 29.2 Å². The second-order valence-electron chi connectivity index (χ2n) is 9.81. The van der Waals surface area contributed by atoms with Crippen LogP contribution in [0.2, 0.25) is 0 Å². The van der Waals surface area contributed by atoms with Gasteiger partial charge in [0.2, 0.25) is 17.7 Å². The summed E-state index contributed by atoms with van der Waals surface area (Å²) in [7, 11) is 0. The Labute approximate surface area is 192 Å². The molecule has 0 unspecified atom stereocenters. The fourth-order valence-electron chi connectivity index (χ4n) is 6.20. The van der Waals surface area contributed by atoms with Crippen molar-refractivity contribution in [3.63, 3.8) is 0 Å². The van der Waals surface area contributed by atoms with E-state index in [0.29, 0.717) is 23.3 Å². The summed E-state index contributed by atoms with van der Waals surface area (Å²) in [6.07, 6.45) is 5.40. The molecule has 1 heterocycles. The van der Waals surface area contributed by atoms with Crippen LogP contribution in [0.15, 0.2) is 54.6 Å². The zero-order valence-electron chi connectivity index (χ0n) is 18.7. The Bertz CT molecular complexity index is 1140. The first-order valence-corrected chi connectivity index (χ1v) is 11.6. The van der Waals surface area contributed by atoms with Crippen molar-refractivity contribution in [1.82, 2.24) is 4.90 Å². The van der Waals surface area contributed by atoms with Crippen molar-refractivity contribution in [3.8, 4) is 11.5 Å². The van der Waals surface area contributed by atoms with Crippen molar-refractivity contribution in [2.75, 3.05) is 11.9 Å². The number of carbonyl (C=O) groups excluding carboxylic acids is 3. The fraction of sp³-hybridized carbons (Fsp3) is 0.370. The van der Waals surface area contributed by atoms with Crippen molar-refractivity contribution in [1.29, 1.82) is 0 Å². The molecule has 2 aromatic carbocycles. The number of para-hydroxylation sites is 1. The number of imide groups is 1. The van der Waals surface area contributed by atoms with Gasteiger partial charge < -0.3 is 10.1 Å². The molecule has 3 amide bonds. The number of nitrogens with one attached hydrogen (secondary N) is 1. The third-order valence-electron chi connectivity index (χ3n) is 7.82. The number of benzene rings is 2. The van der Waals surface area contributed by atoms with Crippen molar-refractivity contribution in [3.05, 3.63) is 65.7 Å². The van der Waals surface area contributed by atoms with E-state index in [1.807, 2.05) is 32.0 Å². The van der Waals surface area contributed by atoms with Gasteiger partial charge in [-0.2, -0.15) is 0 Å². The zero-order chi connectivity index (χ0) is 22.9. The van der Waals surface area contributed by atoms with Crippen molar-refractivity contribution in [2.45, 2.75) is 20.3 Å². The number of likely N-dealkylation sites (tertiary alicyclic amines) is 1. The summed E-state index contributed by atoms with van der Waals surface area (Å²) in [4.78, 5) is 39.9. The molecular weight excluding hydrogens is 416 g/mol. The van der Waals surface area contributed by atoms with Gasteiger partial charge >= 0.3 is 0 Å². The monoisotopic (exact) mass is 442 g/mol. The highest BCUT2D eigenvalue weighted by Gasteiger charge is 2.67. The summed E-state index contributed by atoms with van der Waals surface area (Å²) in [6, 6.07) is 13.1. The van der Waals surface area contributed by atoms with Gasteiger partial charge in [0.15, 0.2) is 0 Å². The highest BCUT2D eigenvalue weighted by atomic mass is 16.5. The summed E-state index contributed by atoms with van der Waals surface area (Å²) in [6.45, 7) is 3.76. The van der Waals surface area contributed by atoms with E-state index >= 15 is 0 Å². The molecule has 0 radical (unpaired) electrons. The van der Waals surface area contributed by atoms with E-state index in [9.17, 15) is 14.4 Å². The zero-order valence-corrected chi connectivity index (χ0v) is 18.7. The van der Waals surface area contributed by atoms with Crippen LogP contribution in [0, 0.1) is 49.4 Å². The van der Waals surface area contributed by atoms with E-state index < -0.39 is 0 Å². The number of allylic oxidation sites excluding steroid dienone is 2. The van der Waals surface area contributed by atoms with Crippen molar-refractivity contribution >= 4 is 23.4 Å². The van der Waals surface area contributed by atoms with Gasteiger partial charge in [0.25, 0.3) is 0 Å². The fourth-order valence-corrected chi connectivity index (χ4v) is 6.20. The van der Waals surface area contributed by atoms with Gasteiger partial charge in [-0.15, -0.1) is 0 Å². The van der Waals surface area contributed by atoms with E-state index in [1.54, 1.807) is 24.3 Å². The molecule has 2 bridgehead atoms. The Morgan fingerprint density at radius 3 is 2.09 bits per heavy atom. The number of aryl methyl sites for hydroxylation is 2.